The van der Waals surface area contributed by atoms with Gasteiger partial charge in [-0.1, -0.05) is 12.2 Å². The molecule has 0 N–H and O–H groups in total. The molecule has 0 aromatic rings. The van der Waals surface area contributed by atoms with Crippen molar-refractivity contribution in [2.45, 2.75) is 13.3 Å². The zero-order valence-corrected chi connectivity index (χ0v) is 4.40. The van der Waals surface area contributed by atoms with Crippen molar-refractivity contribution in [3.8, 4) is 0 Å². The molecule has 1 fully saturated rings. The molecule has 7 heavy (non-hydrogen) atoms. The van der Waals surface area contributed by atoms with E-state index in [2.05, 4.69) is 6.58 Å². The van der Waals surface area contributed by atoms with Crippen LogP contribution in [0, 0.1) is 5.41 Å². The summed E-state index contributed by atoms with van der Waals surface area (Å²) in [7, 11) is 0. The lowest BCUT2D eigenvalue weighted by atomic mass is 10.2. The quantitative estimate of drug-likeness (QED) is 0.353. The minimum absolute atomic E-state index is 0.125. The summed E-state index contributed by atoms with van der Waals surface area (Å²) >= 11 is 0. The standard InChI is InChI=1S/C6H8O/c1-5-3-6(5,2)4-7/h4H,1,3H2,2H3. The minimum atomic E-state index is -0.125. The lowest BCUT2D eigenvalue weighted by Gasteiger charge is -1.86. The van der Waals surface area contributed by atoms with Gasteiger partial charge in [0.2, 0.25) is 0 Å². The van der Waals surface area contributed by atoms with Gasteiger partial charge in [0, 0.05) is 5.41 Å². The van der Waals surface area contributed by atoms with E-state index in [1.165, 1.54) is 0 Å². The molecule has 0 heterocycles. The lowest BCUT2D eigenvalue weighted by molar-refractivity contribution is -0.111. The minimum Gasteiger partial charge on any atom is -0.302 e. The highest BCUT2D eigenvalue weighted by Crippen LogP contribution is 2.47. The first-order valence-corrected chi connectivity index (χ1v) is 2.34. The van der Waals surface area contributed by atoms with Crippen molar-refractivity contribution >= 4 is 6.29 Å². The van der Waals surface area contributed by atoms with Crippen molar-refractivity contribution < 1.29 is 4.79 Å². The predicted molar refractivity (Wildman–Crippen MR) is 27.9 cm³/mol. The van der Waals surface area contributed by atoms with E-state index >= 15 is 0 Å². The summed E-state index contributed by atoms with van der Waals surface area (Å²) < 4.78 is 0. The van der Waals surface area contributed by atoms with E-state index < -0.39 is 0 Å². The Morgan fingerprint density at radius 2 is 2.43 bits per heavy atom. The molecule has 0 saturated heterocycles. The van der Waals surface area contributed by atoms with Gasteiger partial charge in [-0.2, -0.15) is 0 Å². The Bertz CT molecular complexity index is 126. The van der Waals surface area contributed by atoms with Crippen LogP contribution in [-0.2, 0) is 4.79 Å². The van der Waals surface area contributed by atoms with Gasteiger partial charge in [0.1, 0.15) is 6.29 Å². The van der Waals surface area contributed by atoms with Crippen LogP contribution in [0.2, 0.25) is 0 Å². The maximum Gasteiger partial charge on any atom is 0.130 e. The van der Waals surface area contributed by atoms with Crippen LogP contribution in [0.4, 0.5) is 0 Å². The Balaban J connectivity index is 2.69. The van der Waals surface area contributed by atoms with Gasteiger partial charge < -0.3 is 4.79 Å². The summed E-state index contributed by atoms with van der Waals surface area (Å²) in [5.41, 5.74) is 0.947. The fourth-order valence-electron chi connectivity index (χ4n) is 0.524. The number of hydrogen-bond acceptors (Lipinski definition) is 1. The van der Waals surface area contributed by atoms with Crippen LogP contribution in [-0.4, -0.2) is 6.29 Å². The number of aldehydes is 1. The highest BCUT2D eigenvalue weighted by Gasteiger charge is 2.41. The monoisotopic (exact) mass is 96.1 g/mol. The molecule has 1 atom stereocenters. The van der Waals surface area contributed by atoms with Crippen LogP contribution in [0.5, 0.6) is 0 Å². The average molecular weight is 96.1 g/mol. The molecule has 1 saturated carbocycles. The van der Waals surface area contributed by atoms with Gasteiger partial charge in [-0.15, -0.1) is 0 Å². The van der Waals surface area contributed by atoms with E-state index in [4.69, 9.17) is 0 Å². The molecule has 0 aromatic carbocycles. The molecule has 1 aliphatic rings. The molecule has 1 heteroatoms. The number of allylic oxidation sites excluding steroid dienone is 1. The number of carbonyl (C=O) groups excluding carboxylic acids is 1. The Labute approximate surface area is 43.0 Å². The highest BCUT2D eigenvalue weighted by atomic mass is 16.1. The van der Waals surface area contributed by atoms with E-state index in [0.717, 1.165) is 18.3 Å². The molecule has 0 aromatic heterocycles. The largest absolute Gasteiger partial charge is 0.302 e. The maximum atomic E-state index is 10.0. The summed E-state index contributed by atoms with van der Waals surface area (Å²) in [4.78, 5) is 10.0. The van der Waals surface area contributed by atoms with E-state index in [9.17, 15) is 4.79 Å². The number of hydrogen-bond donors (Lipinski definition) is 0. The first kappa shape index (κ1) is 4.57. The summed E-state index contributed by atoms with van der Waals surface area (Å²) in [6.45, 7) is 5.56. The van der Waals surface area contributed by atoms with Gasteiger partial charge >= 0.3 is 0 Å². The number of rotatable bonds is 1. The lowest BCUT2D eigenvalue weighted by Crippen LogP contribution is -1.91. The van der Waals surface area contributed by atoms with Gasteiger partial charge in [-0.25, -0.2) is 0 Å². The Morgan fingerprint density at radius 1 is 2.00 bits per heavy atom. The van der Waals surface area contributed by atoms with E-state index in [-0.39, 0.29) is 5.41 Å². The van der Waals surface area contributed by atoms with Gasteiger partial charge in [0.15, 0.2) is 0 Å². The first-order chi connectivity index (χ1) is 3.19. The smallest absolute Gasteiger partial charge is 0.130 e. The molecule has 1 aliphatic carbocycles. The molecule has 0 radical (unpaired) electrons. The molecule has 1 unspecified atom stereocenters. The van der Waals surface area contributed by atoms with Crippen LogP contribution in [0.15, 0.2) is 12.2 Å². The van der Waals surface area contributed by atoms with E-state index in [1.807, 2.05) is 6.92 Å². The maximum absolute atomic E-state index is 10.0. The van der Waals surface area contributed by atoms with E-state index in [1.54, 1.807) is 0 Å². The second-order valence-electron chi connectivity index (χ2n) is 2.32. The van der Waals surface area contributed by atoms with Crippen molar-refractivity contribution in [3.63, 3.8) is 0 Å². The molecule has 1 nitrogen and oxygen atoms in total. The molecule has 38 valence electrons. The normalized spacial score (nSPS) is 38.1. The van der Waals surface area contributed by atoms with Gasteiger partial charge in [0.05, 0.1) is 0 Å². The molecule has 1 rings (SSSR count). The molecular weight excluding hydrogens is 88.1 g/mol. The third-order valence-electron chi connectivity index (χ3n) is 1.52. The number of carbonyl (C=O) groups is 1. The fraction of sp³-hybridized carbons (Fsp3) is 0.500. The van der Waals surface area contributed by atoms with Gasteiger partial charge in [-0.05, 0) is 13.3 Å². The van der Waals surface area contributed by atoms with Crippen molar-refractivity contribution in [2.24, 2.45) is 5.41 Å². The van der Waals surface area contributed by atoms with Crippen LogP contribution in [0.1, 0.15) is 13.3 Å². The van der Waals surface area contributed by atoms with Gasteiger partial charge in [-0.3, -0.25) is 0 Å². The highest BCUT2D eigenvalue weighted by molar-refractivity contribution is 5.71. The third kappa shape index (κ3) is 0.483. The zero-order valence-electron chi connectivity index (χ0n) is 4.40. The summed E-state index contributed by atoms with van der Waals surface area (Å²) in [5.74, 6) is 0. The van der Waals surface area contributed by atoms with E-state index in [0.29, 0.717) is 0 Å². The topological polar surface area (TPSA) is 17.1 Å². The van der Waals surface area contributed by atoms with Crippen LogP contribution >= 0.6 is 0 Å². The SMILES string of the molecule is C=C1CC1(C)C=O. The summed E-state index contributed by atoms with van der Waals surface area (Å²) in [6, 6.07) is 0. The fourth-order valence-corrected chi connectivity index (χ4v) is 0.524. The van der Waals surface area contributed by atoms with Crippen molar-refractivity contribution in [2.75, 3.05) is 0 Å². The van der Waals surface area contributed by atoms with Crippen LogP contribution in [0.3, 0.4) is 0 Å². The molecule has 0 amide bonds. The average Bonchev–Trinajstić information content (AvgIpc) is 2.18. The summed E-state index contributed by atoms with van der Waals surface area (Å²) in [5, 5.41) is 0. The third-order valence-corrected chi connectivity index (χ3v) is 1.52. The molecule has 0 bridgehead atoms. The van der Waals surface area contributed by atoms with Crippen molar-refractivity contribution in [1.29, 1.82) is 0 Å². The van der Waals surface area contributed by atoms with Crippen molar-refractivity contribution in [1.82, 2.24) is 0 Å². The second-order valence-corrected chi connectivity index (χ2v) is 2.32. The second kappa shape index (κ2) is 0.971. The zero-order chi connectivity index (χ0) is 5.49. The van der Waals surface area contributed by atoms with Gasteiger partial charge in [0.25, 0.3) is 0 Å². The molecule has 0 spiro atoms. The van der Waals surface area contributed by atoms with Crippen LogP contribution in [0.25, 0.3) is 0 Å². The summed E-state index contributed by atoms with van der Waals surface area (Å²) in [6.07, 6.45) is 1.87. The Morgan fingerprint density at radius 3 is 2.43 bits per heavy atom. The first-order valence-electron chi connectivity index (χ1n) is 2.34. The Kier molecular flexibility index (Phi) is 0.633. The molecular formula is C6H8O. The van der Waals surface area contributed by atoms with Crippen molar-refractivity contribution in [3.05, 3.63) is 12.2 Å². The predicted octanol–water partition coefficient (Wildman–Crippen LogP) is 1.15. The van der Waals surface area contributed by atoms with Crippen LogP contribution < -0.4 is 0 Å². The molecule has 0 aliphatic heterocycles. The Hall–Kier alpha value is -0.590.